The molecule has 1 aromatic rings. The van der Waals surface area contributed by atoms with Crippen LogP contribution in [0.4, 0.5) is 5.69 Å². The van der Waals surface area contributed by atoms with Crippen molar-refractivity contribution in [2.24, 2.45) is 0 Å². The molecule has 0 aliphatic carbocycles. The van der Waals surface area contributed by atoms with Crippen molar-refractivity contribution in [1.82, 2.24) is 10.2 Å². The molecule has 1 heterocycles. The minimum Gasteiger partial charge on any atom is -0.369 e. The van der Waals surface area contributed by atoms with Crippen molar-refractivity contribution in [2.75, 3.05) is 37.6 Å². The maximum Gasteiger partial charge on any atom is 0.0397 e. The van der Waals surface area contributed by atoms with Crippen LogP contribution in [-0.4, -0.2) is 43.7 Å². The van der Waals surface area contributed by atoms with E-state index in [0.717, 1.165) is 26.2 Å². The Labute approximate surface area is 124 Å². The molecule has 0 aromatic heterocycles. The maximum absolute atomic E-state index is 3.39. The molecule has 1 aromatic carbocycles. The highest BCUT2D eigenvalue weighted by molar-refractivity contribution is 5.54. The van der Waals surface area contributed by atoms with E-state index in [9.17, 15) is 0 Å². The fourth-order valence-electron chi connectivity index (χ4n) is 2.93. The Bertz CT molecular complexity index is 420. The first-order valence-electron chi connectivity index (χ1n) is 7.91. The van der Waals surface area contributed by atoms with E-state index in [1.165, 1.54) is 29.9 Å². The van der Waals surface area contributed by atoms with E-state index in [1.54, 1.807) is 0 Å². The van der Waals surface area contributed by atoms with Crippen molar-refractivity contribution in [1.29, 1.82) is 0 Å². The SMILES string of the molecule is CCNCc1ccc(N2CCN(C(C)C)CC2)c(C)c1. The first-order chi connectivity index (χ1) is 9.61. The van der Waals surface area contributed by atoms with Crippen LogP contribution in [0.25, 0.3) is 0 Å². The molecule has 1 aliphatic rings. The quantitative estimate of drug-likeness (QED) is 0.891. The summed E-state index contributed by atoms with van der Waals surface area (Å²) >= 11 is 0. The predicted molar refractivity (Wildman–Crippen MR) is 87.5 cm³/mol. The summed E-state index contributed by atoms with van der Waals surface area (Å²) in [6.07, 6.45) is 0. The van der Waals surface area contributed by atoms with Crippen LogP contribution < -0.4 is 10.2 Å². The van der Waals surface area contributed by atoms with Gasteiger partial charge in [-0.05, 0) is 44.5 Å². The lowest BCUT2D eigenvalue weighted by Crippen LogP contribution is -2.49. The monoisotopic (exact) mass is 275 g/mol. The normalized spacial score (nSPS) is 16.9. The number of nitrogens with one attached hydrogen (secondary N) is 1. The average molecular weight is 275 g/mol. The van der Waals surface area contributed by atoms with Crippen LogP contribution in [0.2, 0.25) is 0 Å². The fraction of sp³-hybridized carbons (Fsp3) is 0.647. The fourth-order valence-corrected chi connectivity index (χ4v) is 2.93. The second-order valence-electron chi connectivity index (χ2n) is 6.02. The van der Waals surface area contributed by atoms with Crippen molar-refractivity contribution in [2.45, 2.75) is 40.3 Å². The third-order valence-electron chi connectivity index (χ3n) is 4.23. The maximum atomic E-state index is 3.39. The molecular weight excluding hydrogens is 246 g/mol. The third kappa shape index (κ3) is 3.74. The minimum absolute atomic E-state index is 0.667. The van der Waals surface area contributed by atoms with Gasteiger partial charge >= 0.3 is 0 Å². The molecule has 1 aliphatic heterocycles. The molecule has 3 heteroatoms. The second kappa shape index (κ2) is 7.09. The molecule has 2 rings (SSSR count). The zero-order valence-electron chi connectivity index (χ0n) is 13.4. The molecular formula is C17H29N3. The van der Waals surface area contributed by atoms with Gasteiger partial charge in [0.15, 0.2) is 0 Å². The highest BCUT2D eigenvalue weighted by Gasteiger charge is 2.19. The lowest BCUT2D eigenvalue weighted by Gasteiger charge is -2.38. The Kier molecular flexibility index (Phi) is 5.44. The van der Waals surface area contributed by atoms with Gasteiger partial charge in [-0.15, -0.1) is 0 Å². The highest BCUT2D eigenvalue weighted by Crippen LogP contribution is 2.23. The van der Waals surface area contributed by atoms with Gasteiger partial charge in [-0.2, -0.15) is 0 Å². The van der Waals surface area contributed by atoms with E-state index >= 15 is 0 Å². The van der Waals surface area contributed by atoms with Crippen molar-refractivity contribution < 1.29 is 0 Å². The van der Waals surface area contributed by atoms with Crippen LogP contribution in [0, 0.1) is 6.92 Å². The van der Waals surface area contributed by atoms with Gasteiger partial charge in [0, 0.05) is 44.5 Å². The number of hydrogen-bond donors (Lipinski definition) is 1. The number of aryl methyl sites for hydroxylation is 1. The van der Waals surface area contributed by atoms with E-state index < -0.39 is 0 Å². The number of benzene rings is 1. The molecule has 112 valence electrons. The average Bonchev–Trinajstić information content (AvgIpc) is 2.45. The van der Waals surface area contributed by atoms with Gasteiger partial charge in [0.1, 0.15) is 0 Å². The van der Waals surface area contributed by atoms with Gasteiger partial charge in [-0.25, -0.2) is 0 Å². The van der Waals surface area contributed by atoms with Crippen LogP contribution in [0.3, 0.4) is 0 Å². The predicted octanol–water partition coefficient (Wildman–Crippen LogP) is 2.63. The molecule has 20 heavy (non-hydrogen) atoms. The summed E-state index contributed by atoms with van der Waals surface area (Å²) in [4.78, 5) is 5.09. The summed E-state index contributed by atoms with van der Waals surface area (Å²) in [7, 11) is 0. The summed E-state index contributed by atoms with van der Waals surface area (Å²) in [5.74, 6) is 0. The standard InChI is InChI=1S/C17H29N3/c1-5-18-13-16-6-7-17(15(4)12-16)20-10-8-19(9-11-20)14(2)3/h6-7,12,14,18H,5,8-11,13H2,1-4H3. The largest absolute Gasteiger partial charge is 0.369 e. The Morgan fingerprint density at radius 3 is 2.40 bits per heavy atom. The molecule has 1 N–H and O–H groups in total. The first kappa shape index (κ1) is 15.3. The molecule has 1 saturated heterocycles. The summed E-state index contributed by atoms with van der Waals surface area (Å²) in [6, 6.07) is 7.56. The van der Waals surface area contributed by atoms with Gasteiger partial charge in [0.05, 0.1) is 0 Å². The van der Waals surface area contributed by atoms with E-state index in [4.69, 9.17) is 0 Å². The van der Waals surface area contributed by atoms with Gasteiger partial charge in [0.2, 0.25) is 0 Å². The zero-order valence-corrected chi connectivity index (χ0v) is 13.4. The molecule has 1 fully saturated rings. The topological polar surface area (TPSA) is 18.5 Å². The molecule has 0 radical (unpaired) electrons. The molecule has 0 saturated carbocycles. The van der Waals surface area contributed by atoms with E-state index in [-0.39, 0.29) is 0 Å². The van der Waals surface area contributed by atoms with Gasteiger partial charge < -0.3 is 10.2 Å². The summed E-state index contributed by atoms with van der Waals surface area (Å²) in [6.45, 7) is 15.6. The van der Waals surface area contributed by atoms with Crippen LogP contribution in [0.5, 0.6) is 0 Å². The van der Waals surface area contributed by atoms with Gasteiger partial charge in [-0.1, -0.05) is 19.1 Å². The number of anilines is 1. The summed E-state index contributed by atoms with van der Waals surface area (Å²) < 4.78 is 0. The Hall–Kier alpha value is -1.06. The third-order valence-corrected chi connectivity index (χ3v) is 4.23. The first-order valence-corrected chi connectivity index (χ1v) is 7.91. The van der Waals surface area contributed by atoms with E-state index in [2.05, 4.69) is 61.0 Å². The van der Waals surface area contributed by atoms with Crippen molar-refractivity contribution in [3.8, 4) is 0 Å². The lowest BCUT2D eigenvalue weighted by atomic mass is 10.1. The van der Waals surface area contributed by atoms with Crippen LogP contribution in [0.15, 0.2) is 18.2 Å². The molecule has 0 amide bonds. The molecule has 0 spiro atoms. The number of rotatable bonds is 5. The smallest absolute Gasteiger partial charge is 0.0397 e. The Morgan fingerprint density at radius 2 is 1.85 bits per heavy atom. The Balaban J connectivity index is 1.99. The minimum atomic E-state index is 0.667. The summed E-state index contributed by atoms with van der Waals surface area (Å²) in [5.41, 5.74) is 4.20. The molecule has 0 bridgehead atoms. The van der Waals surface area contributed by atoms with Gasteiger partial charge in [0.25, 0.3) is 0 Å². The van der Waals surface area contributed by atoms with Gasteiger partial charge in [-0.3, -0.25) is 4.90 Å². The van der Waals surface area contributed by atoms with Crippen molar-refractivity contribution >= 4 is 5.69 Å². The van der Waals surface area contributed by atoms with Crippen LogP contribution >= 0.6 is 0 Å². The number of hydrogen-bond acceptors (Lipinski definition) is 3. The van der Waals surface area contributed by atoms with Crippen LogP contribution in [0.1, 0.15) is 31.9 Å². The Morgan fingerprint density at radius 1 is 1.15 bits per heavy atom. The van der Waals surface area contributed by atoms with E-state index in [0.29, 0.717) is 6.04 Å². The van der Waals surface area contributed by atoms with Crippen molar-refractivity contribution in [3.63, 3.8) is 0 Å². The zero-order chi connectivity index (χ0) is 14.5. The number of piperazine rings is 1. The molecule has 3 nitrogen and oxygen atoms in total. The van der Waals surface area contributed by atoms with Crippen LogP contribution in [-0.2, 0) is 6.54 Å². The van der Waals surface area contributed by atoms with E-state index in [1.807, 2.05) is 0 Å². The lowest BCUT2D eigenvalue weighted by molar-refractivity contribution is 0.209. The second-order valence-corrected chi connectivity index (χ2v) is 6.02. The molecule has 0 atom stereocenters. The van der Waals surface area contributed by atoms with Crippen molar-refractivity contribution in [3.05, 3.63) is 29.3 Å². The number of nitrogens with zero attached hydrogens (tertiary/aromatic N) is 2. The molecule has 0 unspecified atom stereocenters. The summed E-state index contributed by atoms with van der Waals surface area (Å²) in [5, 5.41) is 3.39. The highest BCUT2D eigenvalue weighted by atomic mass is 15.3.